The van der Waals surface area contributed by atoms with E-state index in [1.807, 2.05) is 18.3 Å². The maximum atomic E-state index is 9.48. The number of hydrogen-bond donors (Lipinski definition) is 0. The lowest BCUT2D eigenvalue weighted by atomic mass is 9.96. The molecule has 118 valence electrons. The first-order valence-corrected chi connectivity index (χ1v) is 10.2. The summed E-state index contributed by atoms with van der Waals surface area (Å²) >= 11 is 6.21. The number of halogens is 2. The van der Waals surface area contributed by atoms with Gasteiger partial charge < -0.3 is 4.74 Å². The third kappa shape index (κ3) is 3.56. The first-order chi connectivity index (χ1) is 11.1. The van der Waals surface area contributed by atoms with Crippen molar-refractivity contribution in [2.24, 2.45) is 4.99 Å². The predicted molar refractivity (Wildman–Crippen MR) is 111 cm³/mol. The van der Waals surface area contributed by atoms with Crippen molar-refractivity contribution < 1.29 is 4.74 Å². The van der Waals surface area contributed by atoms with E-state index in [0.29, 0.717) is 0 Å². The fourth-order valence-corrected chi connectivity index (χ4v) is 6.18. The highest BCUT2D eigenvalue weighted by Crippen LogP contribution is 2.39. The van der Waals surface area contributed by atoms with Crippen molar-refractivity contribution in [3.8, 4) is 11.8 Å². The van der Waals surface area contributed by atoms with E-state index in [0.717, 1.165) is 41.9 Å². The highest BCUT2D eigenvalue weighted by molar-refractivity contribution is 14.1. The van der Waals surface area contributed by atoms with Gasteiger partial charge in [-0.05, 0) is 94.1 Å². The fourth-order valence-electron chi connectivity index (χ4n) is 2.74. The van der Waals surface area contributed by atoms with Crippen LogP contribution in [0.2, 0.25) is 0 Å². The largest absolute Gasteiger partial charge is 0.495 e. The number of nitriles is 1. The molecule has 0 aliphatic heterocycles. The Morgan fingerprint density at radius 1 is 1.26 bits per heavy atom. The van der Waals surface area contributed by atoms with Gasteiger partial charge in [0.2, 0.25) is 0 Å². The minimum atomic E-state index is 0.777. The zero-order valence-corrected chi connectivity index (χ0v) is 17.7. The van der Waals surface area contributed by atoms with Gasteiger partial charge in [-0.1, -0.05) is 0 Å². The maximum absolute atomic E-state index is 9.48. The summed E-state index contributed by atoms with van der Waals surface area (Å²) in [6.07, 6.45) is 6.35. The van der Waals surface area contributed by atoms with Crippen LogP contribution in [-0.4, -0.2) is 13.3 Å². The number of ether oxygens (including phenoxy) is 1. The molecule has 0 radical (unpaired) electrons. The quantitative estimate of drug-likeness (QED) is 0.378. The smallest absolute Gasteiger partial charge is 0.145 e. The first-order valence-electron chi connectivity index (χ1n) is 7.25. The van der Waals surface area contributed by atoms with Crippen molar-refractivity contribution in [3.63, 3.8) is 0 Å². The SMILES string of the molecule is COc1c(I)cc(C=Nc2sc3c(c2C#N)CCCC3)cc1I. The van der Waals surface area contributed by atoms with Crippen molar-refractivity contribution in [3.05, 3.63) is 40.8 Å². The molecule has 1 heterocycles. The lowest BCUT2D eigenvalue weighted by Gasteiger charge is -2.09. The number of nitrogens with zero attached hydrogens (tertiary/aromatic N) is 2. The molecule has 1 aromatic heterocycles. The molecule has 23 heavy (non-hydrogen) atoms. The molecule has 1 aliphatic rings. The highest BCUT2D eigenvalue weighted by Gasteiger charge is 2.20. The van der Waals surface area contributed by atoms with Crippen molar-refractivity contribution in [1.82, 2.24) is 0 Å². The first kappa shape index (κ1) is 17.2. The number of fused-ring (bicyclic) bond motifs is 1. The summed E-state index contributed by atoms with van der Waals surface area (Å²) in [5.41, 5.74) is 3.03. The standard InChI is InChI=1S/C17H14I2N2OS/c1-22-16-13(18)6-10(7-14(16)19)9-21-17-12(8-20)11-4-2-3-5-15(11)23-17/h6-7,9H,2-5H2,1H3. The van der Waals surface area contributed by atoms with Crippen LogP contribution in [-0.2, 0) is 12.8 Å². The molecule has 0 spiro atoms. The van der Waals surface area contributed by atoms with Crippen molar-refractivity contribution >= 4 is 67.7 Å². The van der Waals surface area contributed by atoms with Gasteiger partial charge in [0.25, 0.3) is 0 Å². The molecule has 0 saturated heterocycles. The van der Waals surface area contributed by atoms with E-state index in [9.17, 15) is 5.26 Å². The van der Waals surface area contributed by atoms with E-state index in [4.69, 9.17) is 4.74 Å². The molecule has 6 heteroatoms. The van der Waals surface area contributed by atoms with Crippen LogP contribution >= 0.6 is 56.5 Å². The fraction of sp³-hybridized carbons (Fsp3) is 0.294. The van der Waals surface area contributed by atoms with Gasteiger partial charge in [0.15, 0.2) is 0 Å². The topological polar surface area (TPSA) is 45.4 Å². The van der Waals surface area contributed by atoms with Crippen molar-refractivity contribution in [2.75, 3.05) is 7.11 Å². The Balaban J connectivity index is 1.95. The minimum Gasteiger partial charge on any atom is -0.495 e. The molecule has 0 fully saturated rings. The molecule has 3 rings (SSSR count). The lowest BCUT2D eigenvalue weighted by molar-refractivity contribution is 0.409. The van der Waals surface area contributed by atoms with E-state index < -0.39 is 0 Å². The number of thiophene rings is 1. The number of benzene rings is 1. The van der Waals surface area contributed by atoms with Crippen LogP contribution in [0.4, 0.5) is 5.00 Å². The summed E-state index contributed by atoms with van der Waals surface area (Å²) in [7, 11) is 1.68. The summed E-state index contributed by atoms with van der Waals surface area (Å²) in [5, 5.41) is 10.3. The van der Waals surface area contributed by atoms with E-state index >= 15 is 0 Å². The Labute approximate surface area is 167 Å². The van der Waals surface area contributed by atoms with E-state index in [1.54, 1.807) is 18.4 Å². The number of hydrogen-bond acceptors (Lipinski definition) is 4. The summed E-state index contributed by atoms with van der Waals surface area (Å²) in [4.78, 5) is 5.96. The number of rotatable bonds is 3. The van der Waals surface area contributed by atoms with Crippen LogP contribution in [0.25, 0.3) is 0 Å². The zero-order chi connectivity index (χ0) is 16.4. The number of methoxy groups -OCH3 is 1. The summed E-state index contributed by atoms with van der Waals surface area (Å²) in [5.74, 6) is 0.896. The van der Waals surface area contributed by atoms with Gasteiger partial charge in [-0.25, -0.2) is 4.99 Å². The molecule has 0 N–H and O–H groups in total. The minimum absolute atomic E-state index is 0.777. The maximum Gasteiger partial charge on any atom is 0.145 e. The van der Waals surface area contributed by atoms with E-state index in [-0.39, 0.29) is 0 Å². The Morgan fingerprint density at radius 3 is 2.61 bits per heavy atom. The average Bonchev–Trinajstić information content (AvgIpc) is 2.90. The van der Waals surface area contributed by atoms with Crippen molar-refractivity contribution in [1.29, 1.82) is 5.26 Å². The van der Waals surface area contributed by atoms with Gasteiger partial charge in [-0.15, -0.1) is 11.3 Å². The molecule has 1 aliphatic carbocycles. The summed E-state index contributed by atoms with van der Waals surface area (Å²) < 4.78 is 7.50. The average molecular weight is 548 g/mol. The second-order valence-corrected chi connectivity index (χ2v) is 8.69. The molecule has 3 nitrogen and oxygen atoms in total. The monoisotopic (exact) mass is 548 g/mol. The predicted octanol–water partition coefficient (Wildman–Crippen LogP) is 5.47. The van der Waals surface area contributed by atoms with Crippen LogP contribution in [0.3, 0.4) is 0 Å². The van der Waals surface area contributed by atoms with E-state index in [1.165, 1.54) is 23.3 Å². The molecule has 0 amide bonds. The van der Waals surface area contributed by atoms with Crippen LogP contribution < -0.4 is 4.74 Å². The molecule has 0 atom stereocenters. The molecule has 0 unspecified atom stereocenters. The third-order valence-electron chi connectivity index (χ3n) is 3.82. The van der Waals surface area contributed by atoms with Gasteiger partial charge in [0, 0.05) is 11.1 Å². The number of aryl methyl sites for hydroxylation is 1. The van der Waals surface area contributed by atoms with Crippen molar-refractivity contribution in [2.45, 2.75) is 25.7 Å². The third-order valence-corrected chi connectivity index (χ3v) is 6.62. The molecule has 2 aromatic rings. The van der Waals surface area contributed by atoms with Crippen LogP contribution in [0, 0.1) is 18.5 Å². The second-order valence-electron chi connectivity index (χ2n) is 5.28. The second kappa shape index (κ2) is 7.49. The molecule has 1 aromatic carbocycles. The summed E-state index contributed by atoms with van der Waals surface area (Å²) in [6.45, 7) is 0. The zero-order valence-electron chi connectivity index (χ0n) is 12.5. The molecule has 0 bridgehead atoms. The summed E-state index contributed by atoms with van der Waals surface area (Å²) in [6, 6.07) is 6.45. The Bertz CT molecular complexity index is 798. The van der Waals surface area contributed by atoms with Gasteiger partial charge in [-0.3, -0.25) is 0 Å². The Morgan fingerprint density at radius 2 is 1.96 bits per heavy atom. The molecule has 0 saturated carbocycles. The Kier molecular flexibility index (Phi) is 5.59. The van der Waals surface area contributed by atoms with E-state index in [2.05, 4.69) is 56.2 Å². The highest BCUT2D eigenvalue weighted by atomic mass is 127. The molecular formula is C17H14I2N2OS. The lowest BCUT2D eigenvalue weighted by Crippen LogP contribution is -1.99. The van der Waals surface area contributed by atoms with Crippen LogP contribution in [0.1, 0.15) is 34.4 Å². The van der Waals surface area contributed by atoms with Gasteiger partial charge in [0.1, 0.15) is 16.8 Å². The van der Waals surface area contributed by atoms with Gasteiger partial charge >= 0.3 is 0 Å². The molecular weight excluding hydrogens is 534 g/mol. The van der Waals surface area contributed by atoms with Gasteiger partial charge in [0.05, 0.1) is 19.8 Å². The van der Waals surface area contributed by atoms with Crippen LogP contribution in [0.5, 0.6) is 5.75 Å². The Hall–Kier alpha value is -0.660. The normalized spacial score (nSPS) is 13.8. The van der Waals surface area contributed by atoms with Crippen LogP contribution in [0.15, 0.2) is 17.1 Å². The van der Waals surface area contributed by atoms with Gasteiger partial charge in [-0.2, -0.15) is 5.26 Å². The number of aliphatic imine (C=N–C) groups is 1.